The van der Waals surface area contributed by atoms with Crippen molar-refractivity contribution < 1.29 is 9.18 Å². The summed E-state index contributed by atoms with van der Waals surface area (Å²) in [5, 5.41) is 0.700. The third-order valence-electron chi connectivity index (χ3n) is 2.89. The molecule has 1 unspecified atom stereocenters. The van der Waals surface area contributed by atoms with Crippen molar-refractivity contribution in [1.82, 2.24) is 4.98 Å². The zero-order chi connectivity index (χ0) is 11.8. The van der Waals surface area contributed by atoms with E-state index in [4.69, 9.17) is 5.73 Å². The third kappa shape index (κ3) is 1.38. The minimum Gasteiger partial charge on any atom is -0.367 e. The summed E-state index contributed by atoms with van der Waals surface area (Å²) in [6.07, 6.45) is 1.54. The van der Waals surface area contributed by atoms with Crippen LogP contribution in [0.25, 0.3) is 10.9 Å². The van der Waals surface area contributed by atoms with Gasteiger partial charge >= 0.3 is 0 Å². The molecule has 0 fully saturated rings. The van der Waals surface area contributed by atoms with Gasteiger partial charge in [0.1, 0.15) is 0 Å². The first-order chi connectivity index (χ1) is 7.59. The third-order valence-corrected chi connectivity index (χ3v) is 2.89. The number of benzene rings is 1. The van der Waals surface area contributed by atoms with Gasteiger partial charge in [0.2, 0.25) is 5.67 Å². The molecular formula is C12H13FN2O. The Bertz CT molecular complexity index is 535. The number of aromatic nitrogens is 1. The van der Waals surface area contributed by atoms with Crippen LogP contribution in [0.5, 0.6) is 0 Å². The van der Waals surface area contributed by atoms with Crippen LogP contribution in [-0.4, -0.2) is 10.9 Å². The van der Waals surface area contributed by atoms with Gasteiger partial charge < -0.3 is 10.7 Å². The van der Waals surface area contributed by atoms with Gasteiger partial charge in [0.05, 0.1) is 0 Å². The maximum atomic E-state index is 14.4. The number of alkyl halides is 1. The second kappa shape index (κ2) is 3.63. The number of halogens is 1. The minimum atomic E-state index is -2.10. The Morgan fingerprint density at radius 3 is 2.81 bits per heavy atom. The smallest absolute Gasteiger partial charge is 0.259 e. The normalized spacial score (nSPS) is 14.9. The molecule has 0 aliphatic carbocycles. The predicted octanol–water partition coefficient (Wildman–Crippen LogP) is 2.23. The van der Waals surface area contributed by atoms with Crippen molar-refractivity contribution in [3.05, 3.63) is 36.0 Å². The standard InChI is InChI=1S/C12H13FN2O/c1-2-12(13,11(14)16)9-7-15-10-6-4-3-5-8(9)10/h3-7,15H,2H2,1H3,(H2,14,16). The lowest BCUT2D eigenvalue weighted by Crippen LogP contribution is -2.36. The zero-order valence-corrected chi connectivity index (χ0v) is 8.96. The summed E-state index contributed by atoms with van der Waals surface area (Å²) in [6, 6.07) is 7.25. The largest absolute Gasteiger partial charge is 0.367 e. The molecule has 3 nitrogen and oxygen atoms in total. The van der Waals surface area contributed by atoms with Crippen molar-refractivity contribution in [3.63, 3.8) is 0 Å². The Kier molecular flexibility index (Phi) is 2.42. The minimum absolute atomic E-state index is 0.0319. The molecule has 4 heteroatoms. The average molecular weight is 220 g/mol. The van der Waals surface area contributed by atoms with E-state index in [1.807, 2.05) is 12.1 Å². The number of H-pyrrole nitrogens is 1. The van der Waals surface area contributed by atoms with E-state index in [0.29, 0.717) is 10.9 Å². The van der Waals surface area contributed by atoms with E-state index in [1.165, 1.54) is 6.20 Å². The fraction of sp³-hybridized carbons (Fsp3) is 0.250. The fourth-order valence-electron chi connectivity index (χ4n) is 1.90. The number of rotatable bonds is 3. The number of amides is 1. The van der Waals surface area contributed by atoms with E-state index >= 15 is 0 Å². The van der Waals surface area contributed by atoms with Gasteiger partial charge in [0, 0.05) is 22.7 Å². The molecule has 16 heavy (non-hydrogen) atoms. The quantitative estimate of drug-likeness (QED) is 0.818. The van der Waals surface area contributed by atoms with Crippen LogP contribution in [0, 0.1) is 0 Å². The summed E-state index contributed by atoms with van der Waals surface area (Å²) in [6.45, 7) is 1.60. The van der Waals surface area contributed by atoms with Crippen molar-refractivity contribution >= 4 is 16.8 Å². The molecule has 0 aliphatic heterocycles. The number of aromatic amines is 1. The summed E-state index contributed by atoms with van der Waals surface area (Å²) in [5.74, 6) is -0.945. The van der Waals surface area contributed by atoms with Gasteiger partial charge in [-0.1, -0.05) is 25.1 Å². The van der Waals surface area contributed by atoms with E-state index in [2.05, 4.69) is 4.98 Å². The highest BCUT2D eigenvalue weighted by Crippen LogP contribution is 2.34. The van der Waals surface area contributed by atoms with E-state index < -0.39 is 11.6 Å². The Labute approximate surface area is 92.4 Å². The first-order valence-electron chi connectivity index (χ1n) is 5.15. The summed E-state index contributed by atoms with van der Waals surface area (Å²) >= 11 is 0. The molecular weight excluding hydrogens is 207 g/mol. The molecule has 0 aliphatic rings. The van der Waals surface area contributed by atoms with Crippen LogP contribution in [0.15, 0.2) is 30.5 Å². The number of hydrogen-bond donors (Lipinski definition) is 2. The van der Waals surface area contributed by atoms with Gasteiger partial charge in [-0.05, 0) is 12.5 Å². The molecule has 2 rings (SSSR count). The maximum absolute atomic E-state index is 14.4. The van der Waals surface area contributed by atoms with Gasteiger partial charge in [-0.2, -0.15) is 0 Å². The highest BCUT2D eigenvalue weighted by Gasteiger charge is 2.38. The highest BCUT2D eigenvalue weighted by molar-refractivity contribution is 5.93. The molecule has 1 aromatic heterocycles. The Morgan fingerprint density at radius 2 is 2.19 bits per heavy atom. The molecule has 1 aromatic carbocycles. The van der Waals surface area contributed by atoms with Crippen molar-refractivity contribution in [1.29, 1.82) is 0 Å². The van der Waals surface area contributed by atoms with Crippen molar-refractivity contribution in [2.24, 2.45) is 5.73 Å². The van der Waals surface area contributed by atoms with Crippen LogP contribution < -0.4 is 5.73 Å². The Hall–Kier alpha value is -1.84. The lowest BCUT2D eigenvalue weighted by atomic mass is 9.92. The van der Waals surface area contributed by atoms with Crippen molar-refractivity contribution in [3.8, 4) is 0 Å². The molecule has 0 saturated carbocycles. The topological polar surface area (TPSA) is 58.9 Å². The molecule has 0 spiro atoms. The lowest BCUT2D eigenvalue weighted by molar-refractivity contribution is -0.130. The van der Waals surface area contributed by atoms with Crippen molar-refractivity contribution in [2.45, 2.75) is 19.0 Å². The molecule has 1 heterocycles. The number of nitrogens with one attached hydrogen (secondary N) is 1. The summed E-state index contributed by atoms with van der Waals surface area (Å²) in [4.78, 5) is 14.2. The summed E-state index contributed by atoms with van der Waals surface area (Å²) in [5.41, 5.74) is 4.16. The number of nitrogens with two attached hydrogens (primary N) is 1. The number of primary amides is 1. The molecule has 1 atom stereocenters. The van der Waals surface area contributed by atoms with Crippen molar-refractivity contribution in [2.75, 3.05) is 0 Å². The molecule has 1 amide bonds. The fourth-order valence-corrected chi connectivity index (χ4v) is 1.90. The number of para-hydroxylation sites is 1. The van der Waals surface area contributed by atoms with E-state index in [-0.39, 0.29) is 6.42 Å². The number of fused-ring (bicyclic) bond motifs is 1. The van der Waals surface area contributed by atoms with Crippen LogP contribution in [0.3, 0.4) is 0 Å². The van der Waals surface area contributed by atoms with E-state index in [1.54, 1.807) is 19.1 Å². The second-order valence-electron chi connectivity index (χ2n) is 3.77. The maximum Gasteiger partial charge on any atom is 0.259 e. The highest BCUT2D eigenvalue weighted by atomic mass is 19.1. The number of hydrogen-bond acceptors (Lipinski definition) is 1. The number of carbonyl (C=O) groups is 1. The average Bonchev–Trinajstić information content (AvgIpc) is 2.72. The monoisotopic (exact) mass is 220 g/mol. The second-order valence-corrected chi connectivity index (χ2v) is 3.77. The van der Waals surface area contributed by atoms with Gasteiger partial charge in [-0.15, -0.1) is 0 Å². The van der Waals surface area contributed by atoms with Gasteiger partial charge in [0.25, 0.3) is 5.91 Å². The molecule has 84 valence electrons. The Balaban J connectivity index is 2.67. The molecule has 0 radical (unpaired) electrons. The van der Waals surface area contributed by atoms with Gasteiger partial charge in [-0.3, -0.25) is 4.79 Å². The Morgan fingerprint density at radius 1 is 1.50 bits per heavy atom. The van der Waals surface area contributed by atoms with Crippen LogP contribution in [0.4, 0.5) is 4.39 Å². The lowest BCUT2D eigenvalue weighted by Gasteiger charge is -2.19. The molecule has 0 saturated heterocycles. The van der Waals surface area contributed by atoms with Crippen LogP contribution in [0.1, 0.15) is 18.9 Å². The van der Waals surface area contributed by atoms with Crippen LogP contribution >= 0.6 is 0 Å². The predicted molar refractivity (Wildman–Crippen MR) is 60.6 cm³/mol. The number of carbonyl (C=O) groups excluding carboxylic acids is 1. The summed E-state index contributed by atoms with van der Waals surface area (Å²) in [7, 11) is 0. The summed E-state index contributed by atoms with van der Waals surface area (Å²) < 4.78 is 14.4. The molecule has 0 bridgehead atoms. The zero-order valence-electron chi connectivity index (χ0n) is 8.96. The van der Waals surface area contributed by atoms with Gasteiger partial charge in [-0.25, -0.2) is 4.39 Å². The first-order valence-corrected chi connectivity index (χ1v) is 5.15. The van der Waals surface area contributed by atoms with E-state index in [9.17, 15) is 9.18 Å². The van der Waals surface area contributed by atoms with Gasteiger partial charge in [0.15, 0.2) is 0 Å². The van der Waals surface area contributed by atoms with Crippen LogP contribution in [-0.2, 0) is 10.5 Å². The molecule has 2 aromatic rings. The first kappa shape index (κ1) is 10.7. The molecule has 3 N–H and O–H groups in total. The van der Waals surface area contributed by atoms with Crippen LogP contribution in [0.2, 0.25) is 0 Å². The van der Waals surface area contributed by atoms with E-state index in [0.717, 1.165) is 5.52 Å². The SMILES string of the molecule is CCC(F)(C(N)=O)c1c[nH]c2ccccc12.